The minimum atomic E-state index is -0.865. The third-order valence-corrected chi connectivity index (χ3v) is 6.44. The smallest absolute Gasteiger partial charge is 0.291 e. The highest BCUT2D eigenvalue weighted by molar-refractivity contribution is 6.13. The van der Waals surface area contributed by atoms with Crippen LogP contribution in [0.15, 0.2) is 69.5 Å². The second-order valence-electron chi connectivity index (χ2n) is 8.94. The van der Waals surface area contributed by atoms with Crippen molar-refractivity contribution >= 4 is 28.5 Å². The van der Waals surface area contributed by atoms with E-state index in [4.69, 9.17) is 14.6 Å². The molecule has 180 valence electrons. The zero-order chi connectivity index (χ0) is 24.4. The van der Waals surface area contributed by atoms with Crippen LogP contribution in [0.1, 0.15) is 45.3 Å². The van der Waals surface area contributed by atoms with E-state index in [2.05, 4.69) is 34.5 Å². The summed E-state index contributed by atoms with van der Waals surface area (Å²) in [5.74, 6) is -0.893. The van der Waals surface area contributed by atoms with Crippen LogP contribution in [-0.4, -0.2) is 29.8 Å². The van der Waals surface area contributed by atoms with Gasteiger partial charge in [0.1, 0.15) is 22.8 Å². The van der Waals surface area contributed by atoms with E-state index in [1.807, 2.05) is 6.07 Å². The third kappa shape index (κ3) is 5.12. The number of nitrogens with two attached hydrogens (primary N) is 1. The minimum absolute atomic E-state index is 0.0285. The maximum Gasteiger partial charge on any atom is 0.291 e. The summed E-state index contributed by atoms with van der Waals surface area (Å²) >= 11 is 0. The van der Waals surface area contributed by atoms with E-state index in [1.165, 1.54) is 23.8 Å². The second-order valence-corrected chi connectivity index (χ2v) is 8.94. The Hall–Kier alpha value is -3.91. The van der Waals surface area contributed by atoms with Gasteiger partial charge < -0.3 is 19.9 Å². The quantitative estimate of drug-likeness (QED) is 0.393. The van der Waals surface area contributed by atoms with Gasteiger partial charge in [0.05, 0.1) is 0 Å². The Morgan fingerprint density at radius 2 is 1.80 bits per heavy atom. The van der Waals surface area contributed by atoms with Crippen LogP contribution in [0.2, 0.25) is 0 Å². The second kappa shape index (κ2) is 9.76. The zero-order valence-corrected chi connectivity index (χ0v) is 19.1. The van der Waals surface area contributed by atoms with Gasteiger partial charge in [0.2, 0.25) is 5.76 Å². The Kier molecular flexibility index (Phi) is 6.37. The van der Waals surface area contributed by atoms with Crippen molar-refractivity contribution in [2.75, 3.05) is 18.4 Å². The standard InChI is InChI=1S/C27H26FN3O4/c28-19-6-8-22-21(15-19)24(25(35-22)26(29)32)30-27(33)23-9-7-20(34-23)14-17-10-12-31(13-11-17)16-18-4-2-1-3-5-18/h1-9,15,17H,10-14,16H2,(H2,29,32)(H,30,33). The molecule has 0 atom stereocenters. The molecule has 5 rings (SSSR count). The number of rotatable bonds is 7. The molecule has 0 bridgehead atoms. The lowest BCUT2D eigenvalue weighted by molar-refractivity contribution is 0.0977. The van der Waals surface area contributed by atoms with E-state index < -0.39 is 17.6 Å². The summed E-state index contributed by atoms with van der Waals surface area (Å²) in [7, 11) is 0. The molecule has 3 N–H and O–H groups in total. The Morgan fingerprint density at radius 1 is 1.03 bits per heavy atom. The Bertz CT molecular complexity index is 1350. The number of benzene rings is 2. The molecule has 2 amide bonds. The molecule has 1 fully saturated rings. The summed E-state index contributed by atoms with van der Waals surface area (Å²) < 4.78 is 25.0. The largest absolute Gasteiger partial charge is 0.456 e. The number of carbonyl (C=O) groups excluding carboxylic acids is 2. The van der Waals surface area contributed by atoms with Crippen LogP contribution >= 0.6 is 0 Å². The molecular formula is C27H26FN3O4. The van der Waals surface area contributed by atoms with Gasteiger partial charge in [-0.1, -0.05) is 30.3 Å². The van der Waals surface area contributed by atoms with Gasteiger partial charge in [-0.3, -0.25) is 14.5 Å². The number of piperidine rings is 1. The molecule has 0 unspecified atom stereocenters. The molecule has 1 saturated heterocycles. The molecule has 8 heteroatoms. The number of likely N-dealkylation sites (tertiary alicyclic amines) is 1. The van der Waals surface area contributed by atoms with Crippen LogP contribution in [-0.2, 0) is 13.0 Å². The number of primary amides is 1. The van der Waals surface area contributed by atoms with Crippen molar-refractivity contribution in [1.82, 2.24) is 4.90 Å². The Balaban J connectivity index is 1.21. The summed E-state index contributed by atoms with van der Waals surface area (Å²) in [4.78, 5) is 27.1. The molecule has 0 saturated carbocycles. The molecule has 4 aromatic rings. The number of fused-ring (bicyclic) bond motifs is 1. The number of hydrogen-bond acceptors (Lipinski definition) is 5. The first-order chi connectivity index (χ1) is 17.0. The maximum absolute atomic E-state index is 13.8. The van der Waals surface area contributed by atoms with Crippen molar-refractivity contribution in [3.8, 4) is 0 Å². The number of nitrogens with zero attached hydrogens (tertiary/aromatic N) is 1. The summed E-state index contributed by atoms with van der Waals surface area (Å²) in [6, 6.07) is 17.6. The predicted molar refractivity (Wildman–Crippen MR) is 129 cm³/mol. The van der Waals surface area contributed by atoms with E-state index in [9.17, 15) is 14.0 Å². The summed E-state index contributed by atoms with van der Waals surface area (Å²) in [5, 5.41) is 2.85. The van der Waals surface area contributed by atoms with Crippen LogP contribution in [0, 0.1) is 11.7 Å². The maximum atomic E-state index is 13.8. The average molecular weight is 476 g/mol. The fraction of sp³-hybridized carbons (Fsp3) is 0.259. The monoisotopic (exact) mass is 475 g/mol. The van der Waals surface area contributed by atoms with Crippen molar-refractivity contribution in [2.24, 2.45) is 11.7 Å². The summed E-state index contributed by atoms with van der Waals surface area (Å²) in [6.45, 7) is 3.00. The number of nitrogens with one attached hydrogen (secondary N) is 1. The Morgan fingerprint density at radius 3 is 2.54 bits per heavy atom. The van der Waals surface area contributed by atoms with Crippen LogP contribution in [0.3, 0.4) is 0 Å². The average Bonchev–Trinajstić information content (AvgIpc) is 3.46. The third-order valence-electron chi connectivity index (χ3n) is 6.44. The number of furan rings is 2. The van der Waals surface area contributed by atoms with Crippen LogP contribution < -0.4 is 11.1 Å². The number of carbonyl (C=O) groups is 2. The van der Waals surface area contributed by atoms with Gasteiger partial charge in [-0.05, 0) is 67.7 Å². The molecule has 0 spiro atoms. The lowest BCUT2D eigenvalue weighted by atomic mass is 9.92. The van der Waals surface area contributed by atoms with Crippen molar-refractivity contribution < 1.29 is 22.8 Å². The Labute approximate surface area is 201 Å². The lowest BCUT2D eigenvalue weighted by Crippen LogP contribution is -2.33. The highest BCUT2D eigenvalue weighted by Gasteiger charge is 2.24. The first-order valence-corrected chi connectivity index (χ1v) is 11.6. The number of halogens is 1. The van der Waals surface area contributed by atoms with Crippen molar-refractivity contribution in [3.63, 3.8) is 0 Å². The van der Waals surface area contributed by atoms with Gasteiger partial charge in [-0.25, -0.2) is 4.39 Å². The molecule has 2 aromatic heterocycles. The van der Waals surface area contributed by atoms with E-state index in [-0.39, 0.29) is 28.2 Å². The molecule has 3 heterocycles. The van der Waals surface area contributed by atoms with Gasteiger partial charge in [0.25, 0.3) is 11.8 Å². The molecule has 7 nitrogen and oxygen atoms in total. The summed E-state index contributed by atoms with van der Waals surface area (Å²) in [6.07, 6.45) is 2.87. The van der Waals surface area contributed by atoms with Crippen molar-refractivity contribution in [2.45, 2.75) is 25.8 Å². The lowest BCUT2D eigenvalue weighted by Gasteiger charge is -2.31. The normalized spacial score (nSPS) is 14.9. The van der Waals surface area contributed by atoms with Gasteiger partial charge >= 0.3 is 0 Å². The van der Waals surface area contributed by atoms with E-state index in [0.717, 1.165) is 44.7 Å². The number of amides is 2. The van der Waals surface area contributed by atoms with Gasteiger partial charge in [0.15, 0.2) is 5.76 Å². The van der Waals surface area contributed by atoms with Gasteiger partial charge in [-0.2, -0.15) is 0 Å². The highest BCUT2D eigenvalue weighted by atomic mass is 19.1. The predicted octanol–water partition coefficient (Wildman–Crippen LogP) is 4.97. The molecule has 1 aliphatic heterocycles. The first kappa shape index (κ1) is 22.9. The summed E-state index contributed by atoms with van der Waals surface area (Å²) in [5.41, 5.74) is 6.98. The van der Waals surface area contributed by atoms with E-state index in [1.54, 1.807) is 12.1 Å². The molecule has 0 radical (unpaired) electrons. The zero-order valence-electron chi connectivity index (χ0n) is 19.1. The fourth-order valence-electron chi connectivity index (χ4n) is 4.63. The number of anilines is 1. The van der Waals surface area contributed by atoms with Crippen LogP contribution in [0.5, 0.6) is 0 Å². The fourth-order valence-corrected chi connectivity index (χ4v) is 4.63. The van der Waals surface area contributed by atoms with Crippen LogP contribution in [0.25, 0.3) is 11.0 Å². The van der Waals surface area contributed by atoms with Gasteiger partial charge in [-0.15, -0.1) is 0 Å². The minimum Gasteiger partial charge on any atom is -0.456 e. The molecule has 2 aromatic carbocycles. The molecule has 35 heavy (non-hydrogen) atoms. The van der Waals surface area contributed by atoms with Crippen molar-refractivity contribution in [1.29, 1.82) is 0 Å². The number of hydrogen-bond donors (Lipinski definition) is 2. The first-order valence-electron chi connectivity index (χ1n) is 11.6. The van der Waals surface area contributed by atoms with E-state index in [0.29, 0.717) is 5.92 Å². The molecule has 1 aliphatic rings. The van der Waals surface area contributed by atoms with E-state index >= 15 is 0 Å². The molecule has 0 aliphatic carbocycles. The molecular weight excluding hydrogens is 449 g/mol. The topological polar surface area (TPSA) is 102 Å². The van der Waals surface area contributed by atoms with Gasteiger partial charge in [0, 0.05) is 18.4 Å². The SMILES string of the molecule is NC(=O)c1oc2ccc(F)cc2c1NC(=O)c1ccc(CC2CCN(Cc3ccccc3)CC2)o1. The highest BCUT2D eigenvalue weighted by Crippen LogP contribution is 2.32. The van der Waals surface area contributed by atoms with Crippen molar-refractivity contribution in [3.05, 3.63) is 89.3 Å². The van der Waals surface area contributed by atoms with Crippen LogP contribution in [0.4, 0.5) is 10.1 Å².